The molecule has 0 aliphatic carbocycles. The number of hydrogen-bond donors (Lipinski definition) is 2. The zero-order valence-electron chi connectivity index (χ0n) is 47.4. The van der Waals surface area contributed by atoms with E-state index in [2.05, 4.69) is 67.8 Å². The SMILES string of the molecule is CC/C=C\C/C=C\C/C=C\C/C=C\CCCCCCCCCCCCCCCCCCCCCCCCCCCCC(=O)NC(COP(=O)([O-])OCC[N+](C)(C)C)C(O)/C=C/CCCCCCCCCC. The number of phosphoric acid groups is 1. The van der Waals surface area contributed by atoms with Gasteiger partial charge in [-0.3, -0.25) is 9.36 Å². The highest BCUT2D eigenvalue weighted by molar-refractivity contribution is 7.45. The average Bonchev–Trinajstić information content (AvgIpc) is 3.33. The normalized spacial score (nSPS) is 14.3. The monoisotopic (exact) mass is 1020 g/mol. The molecule has 3 atom stereocenters. The molecule has 0 fully saturated rings. The molecule has 3 unspecified atom stereocenters. The third kappa shape index (κ3) is 55.8. The van der Waals surface area contributed by atoms with E-state index in [0.717, 1.165) is 64.2 Å². The Balaban J connectivity index is 3.82. The van der Waals surface area contributed by atoms with Crippen LogP contribution in [0.3, 0.4) is 0 Å². The maximum atomic E-state index is 12.9. The summed E-state index contributed by atoms with van der Waals surface area (Å²) in [6.45, 7) is 4.53. The predicted octanol–water partition coefficient (Wildman–Crippen LogP) is 17.9. The number of aliphatic hydroxyl groups is 1. The van der Waals surface area contributed by atoms with Crippen LogP contribution in [0.5, 0.6) is 0 Å². The van der Waals surface area contributed by atoms with Gasteiger partial charge in [-0.25, -0.2) is 0 Å². The molecule has 1 amide bonds. The Kier molecular flexibility index (Phi) is 51.7. The van der Waals surface area contributed by atoms with E-state index in [1.165, 1.54) is 193 Å². The van der Waals surface area contributed by atoms with Crippen molar-refractivity contribution in [3.8, 4) is 0 Å². The lowest BCUT2D eigenvalue weighted by Crippen LogP contribution is -2.45. The molecule has 0 spiro atoms. The summed E-state index contributed by atoms with van der Waals surface area (Å²) in [4.78, 5) is 25.4. The lowest BCUT2D eigenvalue weighted by atomic mass is 10.0. The van der Waals surface area contributed by atoms with Crippen LogP contribution in [0.1, 0.15) is 277 Å². The Morgan fingerprint density at radius 2 is 0.859 bits per heavy atom. The first-order valence-electron chi connectivity index (χ1n) is 30.2. The number of hydrogen-bond acceptors (Lipinski definition) is 6. The molecule has 9 heteroatoms. The maximum Gasteiger partial charge on any atom is 0.268 e. The van der Waals surface area contributed by atoms with E-state index in [9.17, 15) is 19.4 Å². The summed E-state index contributed by atoms with van der Waals surface area (Å²) >= 11 is 0. The molecule has 0 radical (unpaired) electrons. The highest BCUT2D eigenvalue weighted by Crippen LogP contribution is 2.38. The molecule has 8 nitrogen and oxygen atoms in total. The van der Waals surface area contributed by atoms with Gasteiger partial charge in [-0.1, -0.05) is 274 Å². The van der Waals surface area contributed by atoms with Gasteiger partial charge in [0, 0.05) is 6.42 Å². The fourth-order valence-corrected chi connectivity index (χ4v) is 9.52. The van der Waals surface area contributed by atoms with Gasteiger partial charge in [0.2, 0.25) is 5.91 Å². The molecule has 0 bridgehead atoms. The first kappa shape index (κ1) is 69.2. The van der Waals surface area contributed by atoms with Crippen LogP contribution in [0, 0.1) is 0 Å². The van der Waals surface area contributed by atoms with Crippen LogP contribution in [-0.4, -0.2) is 68.5 Å². The number of rotatable bonds is 55. The van der Waals surface area contributed by atoms with Crippen LogP contribution in [0.4, 0.5) is 0 Å². The van der Waals surface area contributed by atoms with Crippen molar-refractivity contribution in [3.63, 3.8) is 0 Å². The Bertz CT molecular complexity index is 1340. The van der Waals surface area contributed by atoms with E-state index in [0.29, 0.717) is 17.4 Å². The number of carbonyl (C=O) groups excluding carboxylic acids is 1. The standard InChI is InChI=1S/C62H117N2O6P/c1-6-8-10-12-14-16-18-19-20-21-22-23-24-25-26-27-28-29-30-31-32-33-34-35-36-37-38-39-40-41-42-43-44-45-46-48-50-52-54-56-62(66)63-60(59-70-71(67,68)69-58-57-64(3,4)5)61(65)55-53-51-49-47-17-15-13-11-9-7-2/h8,10,14,16,19-20,22-23,53,55,60-61,65H,6-7,9,11-13,15,17-18,21,24-52,54,56-59H2,1-5H3,(H-,63,66,67,68)/b10-8-,16-14-,20-19-,23-22-,55-53+. The molecular formula is C62H117N2O6P. The van der Waals surface area contributed by atoms with E-state index >= 15 is 0 Å². The number of aliphatic hydroxyl groups excluding tert-OH is 1. The summed E-state index contributed by atoms with van der Waals surface area (Å²) in [5.74, 6) is -0.196. The zero-order valence-corrected chi connectivity index (χ0v) is 48.3. The van der Waals surface area contributed by atoms with Gasteiger partial charge in [0.25, 0.3) is 7.82 Å². The topological polar surface area (TPSA) is 108 Å². The molecule has 416 valence electrons. The Morgan fingerprint density at radius 3 is 1.25 bits per heavy atom. The number of nitrogens with one attached hydrogen (secondary N) is 1. The largest absolute Gasteiger partial charge is 0.756 e. The fraction of sp³-hybridized carbons (Fsp3) is 0.823. The van der Waals surface area contributed by atoms with Crippen LogP contribution in [0.2, 0.25) is 0 Å². The molecule has 0 aromatic rings. The molecule has 0 rings (SSSR count). The molecule has 0 heterocycles. The molecule has 0 aromatic carbocycles. The van der Waals surface area contributed by atoms with E-state index in [-0.39, 0.29) is 19.1 Å². The Morgan fingerprint density at radius 1 is 0.507 bits per heavy atom. The molecule has 0 saturated carbocycles. The third-order valence-electron chi connectivity index (χ3n) is 13.5. The van der Waals surface area contributed by atoms with Crippen molar-refractivity contribution < 1.29 is 32.9 Å². The minimum absolute atomic E-state index is 0.000176. The number of amides is 1. The number of likely N-dealkylation sites (N-methyl/N-ethyl adjacent to an activating group) is 1. The summed E-state index contributed by atoms with van der Waals surface area (Å²) in [6, 6.07) is -0.883. The second-order valence-electron chi connectivity index (χ2n) is 21.7. The minimum atomic E-state index is -4.59. The van der Waals surface area contributed by atoms with E-state index < -0.39 is 20.0 Å². The van der Waals surface area contributed by atoms with E-state index in [1.807, 2.05) is 27.2 Å². The van der Waals surface area contributed by atoms with Crippen molar-refractivity contribution >= 4 is 13.7 Å². The Hall–Kier alpha value is -1.80. The quantitative estimate of drug-likeness (QED) is 0.0272. The van der Waals surface area contributed by atoms with Crippen molar-refractivity contribution in [2.24, 2.45) is 0 Å². The van der Waals surface area contributed by atoms with Crippen LogP contribution in [0.15, 0.2) is 60.8 Å². The highest BCUT2D eigenvalue weighted by Gasteiger charge is 2.23. The number of unbranched alkanes of at least 4 members (excludes halogenated alkanes) is 34. The van der Waals surface area contributed by atoms with Crippen LogP contribution < -0.4 is 10.2 Å². The van der Waals surface area contributed by atoms with E-state index in [1.54, 1.807) is 6.08 Å². The van der Waals surface area contributed by atoms with Crippen molar-refractivity contribution in [1.29, 1.82) is 0 Å². The number of phosphoric ester groups is 1. The van der Waals surface area contributed by atoms with Crippen molar-refractivity contribution in [1.82, 2.24) is 5.32 Å². The number of allylic oxidation sites excluding steroid dienone is 9. The second kappa shape index (κ2) is 53.0. The van der Waals surface area contributed by atoms with Gasteiger partial charge in [0.1, 0.15) is 13.2 Å². The van der Waals surface area contributed by atoms with Gasteiger partial charge < -0.3 is 28.8 Å². The summed E-state index contributed by atoms with van der Waals surface area (Å²) in [5.41, 5.74) is 0. The van der Waals surface area contributed by atoms with Gasteiger partial charge in [0.15, 0.2) is 0 Å². The first-order chi connectivity index (χ1) is 34.5. The molecule has 0 saturated heterocycles. The highest BCUT2D eigenvalue weighted by atomic mass is 31.2. The zero-order chi connectivity index (χ0) is 52.0. The van der Waals surface area contributed by atoms with Gasteiger partial charge in [0.05, 0.1) is 39.9 Å². The minimum Gasteiger partial charge on any atom is -0.756 e. The molecule has 0 aliphatic rings. The lowest BCUT2D eigenvalue weighted by molar-refractivity contribution is -0.870. The fourth-order valence-electron chi connectivity index (χ4n) is 8.79. The van der Waals surface area contributed by atoms with Gasteiger partial charge >= 0.3 is 0 Å². The summed E-state index contributed by atoms with van der Waals surface area (Å²) in [7, 11) is 1.27. The third-order valence-corrected chi connectivity index (χ3v) is 14.4. The Labute approximate surface area is 441 Å². The smallest absolute Gasteiger partial charge is 0.268 e. The van der Waals surface area contributed by atoms with Crippen LogP contribution >= 0.6 is 7.82 Å². The predicted molar refractivity (Wildman–Crippen MR) is 307 cm³/mol. The molecule has 0 aliphatic heterocycles. The molecule has 2 N–H and O–H groups in total. The van der Waals surface area contributed by atoms with Crippen molar-refractivity contribution in [2.45, 2.75) is 289 Å². The molecule has 71 heavy (non-hydrogen) atoms. The van der Waals surface area contributed by atoms with Crippen LogP contribution in [0.25, 0.3) is 0 Å². The van der Waals surface area contributed by atoms with E-state index in [4.69, 9.17) is 9.05 Å². The number of carbonyl (C=O) groups is 1. The molecule has 0 aromatic heterocycles. The number of quaternary nitrogens is 1. The van der Waals surface area contributed by atoms with Crippen molar-refractivity contribution in [3.05, 3.63) is 60.8 Å². The lowest BCUT2D eigenvalue weighted by Gasteiger charge is -2.29. The van der Waals surface area contributed by atoms with Gasteiger partial charge in [-0.05, 0) is 57.8 Å². The van der Waals surface area contributed by atoms with Gasteiger partial charge in [-0.15, -0.1) is 0 Å². The number of nitrogens with zero attached hydrogens (tertiary/aromatic N) is 1. The summed E-state index contributed by atoms with van der Waals surface area (Å²) in [5, 5.41) is 13.8. The second-order valence-corrected chi connectivity index (χ2v) is 23.1. The molecular weight excluding hydrogens is 900 g/mol. The average molecular weight is 1020 g/mol. The van der Waals surface area contributed by atoms with Crippen LogP contribution in [-0.2, 0) is 18.4 Å². The van der Waals surface area contributed by atoms with Gasteiger partial charge in [-0.2, -0.15) is 0 Å². The summed E-state index contributed by atoms with van der Waals surface area (Å²) in [6.07, 6.45) is 72.0. The first-order valence-corrected chi connectivity index (χ1v) is 31.6. The van der Waals surface area contributed by atoms with Crippen molar-refractivity contribution in [2.75, 3.05) is 40.9 Å². The summed E-state index contributed by atoms with van der Waals surface area (Å²) < 4.78 is 23.3. The maximum absolute atomic E-state index is 12.9.